The van der Waals surface area contributed by atoms with Gasteiger partial charge >= 0.3 is 5.97 Å². The van der Waals surface area contributed by atoms with Gasteiger partial charge in [-0.3, -0.25) is 9.59 Å². The van der Waals surface area contributed by atoms with Crippen molar-refractivity contribution in [3.8, 4) is 0 Å². The molecule has 0 bridgehead atoms. The van der Waals surface area contributed by atoms with Crippen molar-refractivity contribution >= 4 is 11.8 Å². The van der Waals surface area contributed by atoms with E-state index in [4.69, 9.17) is 5.11 Å². The fourth-order valence-electron chi connectivity index (χ4n) is 1.61. The van der Waals surface area contributed by atoms with Crippen LogP contribution in [0, 0.1) is 5.92 Å². The zero-order valence-corrected chi connectivity index (χ0v) is 8.37. The third kappa shape index (κ3) is 2.01. The molecule has 78 valence electrons. The number of hydrogen-bond acceptors (Lipinski definition) is 4. The molecule has 0 saturated carbocycles. The third-order valence-corrected chi connectivity index (χ3v) is 2.60. The van der Waals surface area contributed by atoms with E-state index < -0.39 is 5.92 Å². The second-order valence-electron chi connectivity index (χ2n) is 3.44. The number of ether oxygens (including phenoxy) is 1. The van der Waals surface area contributed by atoms with Gasteiger partial charge in [0.15, 0.2) is 5.78 Å². The first-order chi connectivity index (χ1) is 6.60. The number of carbonyl (C=O) groups is 2. The molecule has 0 spiro atoms. The second kappa shape index (κ2) is 4.37. The average Bonchev–Trinajstić information content (AvgIpc) is 2.20. The summed E-state index contributed by atoms with van der Waals surface area (Å²) in [6, 6.07) is 0. The van der Waals surface area contributed by atoms with Crippen molar-refractivity contribution in [1.29, 1.82) is 0 Å². The summed E-state index contributed by atoms with van der Waals surface area (Å²) in [6.45, 7) is 1.52. The number of esters is 1. The standard InChI is InChI=1S/C10H14O4/c1-6-8(5-11)3-7(4-9(6)12)10(13)14-2/h7,11H,3-5H2,1-2H3. The van der Waals surface area contributed by atoms with Crippen LogP contribution in [0.4, 0.5) is 0 Å². The summed E-state index contributed by atoms with van der Waals surface area (Å²) in [5, 5.41) is 8.99. The fraction of sp³-hybridized carbons (Fsp3) is 0.600. The lowest BCUT2D eigenvalue weighted by Gasteiger charge is -2.21. The van der Waals surface area contributed by atoms with Gasteiger partial charge in [-0.25, -0.2) is 0 Å². The summed E-state index contributed by atoms with van der Waals surface area (Å²) in [7, 11) is 1.30. The first-order valence-corrected chi connectivity index (χ1v) is 4.50. The number of methoxy groups -OCH3 is 1. The minimum atomic E-state index is -0.418. The number of carbonyl (C=O) groups excluding carboxylic acids is 2. The van der Waals surface area contributed by atoms with E-state index in [-0.39, 0.29) is 24.8 Å². The molecular formula is C10H14O4. The number of ketones is 1. The Labute approximate surface area is 82.6 Å². The summed E-state index contributed by atoms with van der Waals surface area (Å²) >= 11 is 0. The molecule has 0 fully saturated rings. The van der Waals surface area contributed by atoms with Gasteiger partial charge in [0, 0.05) is 6.42 Å². The van der Waals surface area contributed by atoms with Gasteiger partial charge in [-0.05, 0) is 24.5 Å². The Bertz CT molecular complexity index is 290. The van der Waals surface area contributed by atoms with Crippen molar-refractivity contribution in [2.45, 2.75) is 19.8 Å². The Hall–Kier alpha value is -1.16. The SMILES string of the molecule is COC(=O)C1CC(=O)C(C)=C(CO)C1. The van der Waals surface area contributed by atoms with Gasteiger partial charge in [0.2, 0.25) is 0 Å². The third-order valence-electron chi connectivity index (χ3n) is 2.60. The molecule has 4 heteroatoms. The number of rotatable bonds is 2. The molecule has 0 aromatic rings. The fourth-order valence-corrected chi connectivity index (χ4v) is 1.61. The molecule has 1 N–H and O–H groups in total. The Morgan fingerprint density at radius 3 is 2.71 bits per heavy atom. The molecule has 1 aliphatic carbocycles. The van der Waals surface area contributed by atoms with Crippen molar-refractivity contribution in [2.75, 3.05) is 13.7 Å². The number of aliphatic hydroxyl groups excluding tert-OH is 1. The lowest BCUT2D eigenvalue weighted by Crippen LogP contribution is -2.26. The lowest BCUT2D eigenvalue weighted by atomic mass is 9.84. The highest BCUT2D eigenvalue weighted by Crippen LogP contribution is 2.27. The highest BCUT2D eigenvalue weighted by atomic mass is 16.5. The van der Waals surface area contributed by atoms with Crippen molar-refractivity contribution in [3.63, 3.8) is 0 Å². The molecule has 1 unspecified atom stereocenters. The van der Waals surface area contributed by atoms with Gasteiger partial charge in [0.25, 0.3) is 0 Å². The summed E-state index contributed by atoms with van der Waals surface area (Å²) in [6.07, 6.45) is 0.628. The molecule has 0 heterocycles. The van der Waals surface area contributed by atoms with Gasteiger partial charge in [-0.2, -0.15) is 0 Å². The number of aliphatic hydroxyl groups is 1. The second-order valence-corrected chi connectivity index (χ2v) is 3.44. The molecular weight excluding hydrogens is 184 g/mol. The van der Waals surface area contributed by atoms with E-state index >= 15 is 0 Å². The van der Waals surface area contributed by atoms with Gasteiger partial charge in [-0.1, -0.05) is 0 Å². The number of Topliss-reactive ketones (excluding diaryl/α,β-unsaturated/α-hetero) is 1. The monoisotopic (exact) mass is 198 g/mol. The molecule has 0 aromatic heterocycles. The van der Waals surface area contributed by atoms with Gasteiger partial charge < -0.3 is 9.84 Å². The topological polar surface area (TPSA) is 63.6 Å². The van der Waals surface area contributed by atoms with Crippen LogP contribution in [0.5, 0.6) is 0 Å². The average molecular weight is 198 g/mol. The maximum Gasteiger partial charge on any atom is 0.309 e. The Morgan fingerprint density at radius 1 is 1.57 bits per heavy atom. The Balaban J connectivity index is 2.84. The molecule has 4 nitrogen and oxygen atoms in total. The van der Waals surface area contributed by atoms with Crippen LogP contribution >= 0.6 is 0 Å². The van der Waals surface area contributed by atoms with Crippen molar-refractivity contribution < 1.29 is 19.4 Å². The lowest BCUT2D eigenvalue weighted by molar-refractivity contribution is -0.147. The van der Waals surface area contributed by atoms with Gasteiger partial charge in [0.1, 0.15) is 0 Å². The maximum atomic E-state index is 11.4. The summed E-state index contributed by atoms with van der Waals surface area (Å²) < 4.78 is 4.57. The van der Waals surface area contributed by atoms with Crippen LogP contribution in [0.2, 0.25) is 0 Å². The van der Waals surface area contributed by atoms with E-state index in [0.717, 1.165) is 0 Å². The van der Waals surface area contributed by atoms with E-state index in [1.807, 2.05) is 0 Å². The van der Waals surface area contributed by atoms with Gasteiger partial charge in [-0.15, -0.1) is 0 Å². The molecule has 1 rings (SSSR count). The molecule has 0 amide bonds. The maximum absolute atomic E-state index is 11.4. The molecule has 1 aliphatic rings. The highest BCUT2D eigenvalue weighted by Gasteiger charge is 2.30. The number of hydrogen-bond donors (Lipinski definition) is 1. The summed E-state index contributed by atoms with van der Waals surface area (Å²) in [4.78, 5) is 22.6. The highest BCUT2D eigenvalue weighted by molar-refractivity contribution is 5.99. The van der Waals surface area contributed by atoms with Crippen molar-refractivity contribution in [1.82, 2.24) is 0 Å². The predicted octanol–water partition coefficient (Wildman–Crippen LogP) is 0.447. The minimum absolute atomic E-state index is 0.0734. The van der Waals surface area contributed by atoms with E-state index in [1.54, 1.807) is 6.92 Å². The summed E-state index contributed by atoms with van der Waals surface area (Å²) in [5.74, 6) is -0.870. The number of allylic oxidation sites excluding steroid dienone is 1. The zero-order chi connectivity index (χ0) is 10.7. The largest absolute Gasteiger partial charge is 0.469 e. The first-order valence-electron chi connectivity index (χ1n) is 4.50. The van der Waals surface area contributed by atoms with Crippen LogP contribution in [-0.2, 0) is 14.3 Å². The van der Waals surface area contributed by atoms with Crippen molar-refractivity contribution in [2.24, 2.45) is 5.92 Å². The molecule has 1 atom stereocenters. The van der Waals surface area contributed by atoms with Crippen LogP contribution < -0.4 is 0 Å². The van der Waals surface area contributed by atoms with E-state index in [2.05, 4.69) is 4.74 Å². The molecule has 0 saturated heterocycles. The van der Waals surface area contributed by atoms with E-state index in [0.29, 0.717) is 17.6 Å². The normalized spacial score (nSPS) is 22.5. The van der Waals surface area contributed by atoms with Crippen LogP contribution in [0.3, 0.4) is 0 Å². The van der Waals surface area contributed by atoms with Crippen LogP contribution in [0.15, 0.2) is 11.1 Å². The molecule has 0 aromatic carbocycles. The Morgan fingerprint density at radius 2 is 2.21 bits per heavy atom. The summed E-state index contributed by atoms with van der Waals surface area (Å²) in [5.41, 5.74) is 1.24. The smallest absolute Gasteiger partial charge is 0.309 e. The zero-order valence-electron chi connectivity index (χ0n) is 8.37. The van der Waals surface area contributed by atoms with E-state index in [1.165, 1.54) is 7.11 Å². The predicted molar refractivity (Wildman–Crippen MR) is 49.5 cm³/mol. The van der Waals surface area contributed by atoms with Crippen molar-refractivity contribution in [3.05, 3.63) is 11.1 Å². The quantitative estimate of drug-likeness (QED) is 0.654. The molecule has 14 heavy (non-hydrogen) atoms. The van der Waals surface area contributed by atoms with Gasteiger partial charge in [0.05, 0.1) is 19.6 Å². The van der Waals surface area contributed by atoms with Crippen LogP contribution in [-0.4, -0.2) is 30.6 Å². The minimum Gasteiger partial charge on any atom is -0.469 e. The van der Waals surface area contributed by atoms with Crippen LogP contribution in [0.25, 0.3) is 0 Å². The Kier molecular flexibility index (Phi) is 3.41. The van der Waals surface area contributed by atoms with E-state index in [9.17, 15) is 9.59 Å². The molecule has 0 radical (unpaired) electrons. The first kappa shape index (κ1) is 10.9. The van der Waals surface area contributed by atoms with Crippen LogP contribution in [0.1, 0.15) is 19.8 Å². The molecule has 0 aliphatic heterocycles.